The van der Waals surface area contributed by atoms with E-state index in [4.69, 9.17) is 5.73 Å². The van der Waals surface area contributed by atoms with Crippen molar-refractivity contribution in [1.82, 2.24) is 9.80 Å². The van der Waals surface area contributed by atoms with Crippen molar-refractivity contribution < 1.29 is 9.90 Å². The third kappa shape index (κ3) is 7.15. The van der Waals surface area contributed by atoms with Crippen LogP contribution in [0, 0.1) is 0 Å². The summed E-state index contributed by atoms with van der Waals surface area (Å²) in [6.45, 7) is 8.94. The van der Waals surface area contributed by atoms with Crippen LogP contribution < -0.4 is 5.73 Å². The van der Waals surface area contributed by atoms with Crippen molar-refractivity contribution in [2.24, 2.45) is 5.73 Å². The van der Waals surface area contributed by atoms with Gasteiger partial charge in [-0.25, -0.2) is 0 Å². The number of halogens is 2. The fraction of sp³-hybridized carbons (Fsp3) is 0.929. The van der Waals surface area contributed by atoms with E-state index in [1.165, 1.54) is 0 Å². The first kappa shape index (κ1) is 23.2. The molecule has 0 aromatic heterocycles. The summed E-state index contributed by atoms with van der Waals surface area (Å²) in [5.74, 6) is 0.0806. The Balaban J connectivity index is 0. The summed E-state index contributed by atoms with van der Waals surface area (Å²) in [7, 11) is 0. The molecular formula is C14H31Cl2N3O2. The molecule has 5 nitrogen and oxygen atoms in total. The molecule has 1 rings (SSSR count). The average molecular weight is 344 g/mol. The van der Waals surface area contributed by atoms with Crippen LogP contribution in [0.1, 0.15) is 40.0 Å². The first-order valence-electron chi connectivity index (χ1n) is 7.46. The Morgan fingerprint density at radius 3 is 2.43 bits per heavy atom. The number of aliphatic hydroxyl groups excluding tert-OH is 1. The van der Waals surface area contributed by atoms with Gasteiger partial charge in [-0.15, -0.1) is 24.8 Å². The van der Waals surface area contributed by atoms with Gasteiger partial charge in [0.2, 0.25) is 5.91 Å². The molecule has 0 saturated carbocycles. The lowest BCUT2D eigenvalue weighted by molar-refractivity contribution is -0.136. The number of amides is 1. The van der Waals surface area contributed by atoms with Crippen molar-refractivity contribution in [2.45, 2.75) is 58.2 Å². The van der Waals surface area contributed by atoms with Crippen LogP contribution in [0.15, 0.2) is 0 Å². The normalized spacial score (nSPS) is 22.0. The predicted molar refractivity (Wildman–Crippen MR) is 91.3 cm³/mol. The monoisotopic (exact) mass is 343 g/mol. The summed E-state index contributed by atoms with van der Waals surface area (Å²) in [6.07, 6.45) is 2.36. The highest BCUT2D eigenvalue weighted by Gasteiger charge is 2.30. The quantitative estimate of drug-likeness (QED) is 0.761. The highest BCUT2D eigenvalue weighted by molar-refractivity contribution is 5.85. The average Bonchev–Trinajstić information content (AvgIpc) is 2.38. The Bertz CT molecular complexity index is 293. The minimum Gasteiger partial charge on any atom is -0.392 e. The molecule has 1 saturated heterocycles. The van der Waals surface area contributed by atoms with Crippen LogP contribution in [0.2, 0.25) is 0 Å². The molecule has 0 aromatic rings. The summed E-state index contributed by atoms with van der Waals surface area (Å²) in [4.78, 5) is 16.4. The molecule has 21 heavy (non-hydrogen) atoms. The molecule has 3 atom stereocenters. The van der Waals surface area contributed by atoms with Gasteiger partial charge in [0.25, 0.3) is 0 Å². The molecule has 3 N–H and O–H groups in total. The van der Waals surface area contributed by atoms with Crippen molar-refractivity contribution in [3.63, 3.8) is 0 Å². The summed E-state index contributed by atoms with van der Waals surface area (Å²) >= 11 is 0. The van der Waals surface area contributed by atoms with Crippen molar-refractivity contribution in [3.8, 4) is 0 Å². The molecule has 0 spiro atoms. The van der Waals surface area contributed by atoms with Crippen LogP contribution >= 0.6 is 24.8 Å². The minimum absolute atomic E-state index is 0. The maximum Gasteiger partial charge on any atom is 0.239 e. The number of carbonyl (C=O) groups excluding carboxylic acids is 1. The Morgan fingerprint density at radius 2 is 1.95 bits per heavy atom. The number of piperazine rings is 1. The van der Waals surface area contributed by atoms with Crippen molar-refractivity contribution in [1.29, 1.82) is 0 Å². The third-order valence-electron chi connectivity index (χ3n) is 3.80. The lowest BCUT2D eigenvalue weighted by Gasteiger charge is -2.42. The van der Waals surface area contributed by atoms with Gasteiger partial charge in [-0.1, -0.05) is 20.3 Å². The topological polar surface area (TPSA) is 69.8 Å². The number of hydrogen-bond donors (Lipinski definition) is 2. The molecule has 0 aromatic carbocycles. The standard InChI is InChI=1S/C14H29N3O2.2ClH/c1-4-6-13(15)14(19)17-8-7-16(9-11(3)18)12(5-2)10-17;;/h11-13,18H,4-10,15H2,1-3H3;2*1H. The molecule has 128 valence electrons. The molecule has 0 aliphatic carbocycles. The first-order chi connectivity index (χ1) is 8.99. The Morgan fingerprint density at radius 1 is 1.33 bits per heavy atom. The van der Waals surface area contributed by atoms with Gasteiger partial charge in [0, 0.05) is 32.2 Å². The highest BCUT2D eigenvalue weighted by Crippen LogP contribution is 2.14. The summed E-state index contributed by atoms with van der Waals surface area (Å²) in [5, 5.41) is 9.51. The van der Waals surface area contributed by atoms with Crippen LogP contribution in [-0.4, -0.2) is 65.2 Å². The van der Waals surface area contributed by atoms with Gasteiger partial charge in [-0.3, -0.25) is 9.69 Å². The number of aliphatic hydroxyl groups is 1. The summed E-state index contributed by atoms with van der Waals surface area (Å²) in [6, 6.07) is -0.0213. The van der Waals surface area contributed by atoms with Crippen molar-refractivity contribution >= 4 is 30.7 Å². The summed E-state index contributed by atoms with van der Waals surface area (Å²) in [5.41, 5.74) is 5.92. The van der Waals surface area contributed by atoms with Gasteiger partial charge in [-0.2, -0.15) is 0 Å². The lowest BCUT2D eigenvalue weighted by atomic mass is 10.1. The lowest BCUT2D eigenvalue weighted by Crippen LogP contribution is -2.58. The van der Waals surface area contributed by atoms with Gasteiger partial charge >= 0.3 is 0 Å². The van der Waals surface area contributed by atoms with Gasteiger partial charge in [-0.05, 0) is 19.8 Å². The van der Waals surface area contributed by atoms with E-state index in [0.29, 0.717) is 12.6 Å². The molecule has 1 aliphatic rings. The van der Waals surface area contributed by atoms with E-state index in [1.807, 2.05) is 11.8 Å². The number of rotatable bonds is 6. The summed E-state index contributed by atoms with van der Waals surface area (Å²) < 4.78 is 0. The molecule has 1 aliphatic heterocycles. The number of β-amino-alcohol motifs (C(OH)–C–C–N with tert-alkyl or cyclic N) is 1. The smallest absolute Gasteiger partial charge is 0.239 e. The van der Waals surface area contributed by atoms with Crippen LogP contribution in [0.4, 0.5) is 0 Å². The van der Waals surface area contributed by atoms with E-state index < -0.39 is 0 Å². The molecule has 1 amide bonds. The van der Waals surface area contributed by atoms with Crippen LogP contribution in [0.25, 0.3) is 0 Å². The second-order valence-corrected chi connectivity index (χ2v) is 5.59. The van der Waals surface area contributed by atoms with Gasteiger partial charge < -0.3 is 15.7 Å². The molecule has 1 heterocycles. The zero-order valence-corrected chi connectivity index (χ0v) is 15.0. The van der Waals surface area contributed by atoms with Crippen LogP contribution in [-0.2, 0) is 4.79 Å². The second-order valence-electron chi connectivity index (χ2n) is 5.59. The number of nitrogens with zero attached hydrogens (tertiary/aromatic N) is 2. The van der Waals surface area contributed by atoms with Gasteiger partial charge in [0.1, 0.15) is 0 Å². The van der Waals surface area contributed by atoms with E-state index in [0.717, 1.165) is 38.9 Å². The molecule has 0 radical (unpaired) electrons. The Kier molecular flexibility index (Phi) is 12.7. The fourth-order valence-electron chi connectivity index (χ4n) is 2.73. The van der Waals surface area contributed by atoms with Crippen LogP contribution in [0.3, 0.4) is 0 Å². The largest absolute Gasteiger partial charge is 0.392 e. The predicted octanol–water partition coefficient (Wildman–Crippen LogP) is 1.26. The van der Waals surface area contributed by atoms with E-state index in [2.05, 4.69) is 11.8 Å². The Labute approximate surface area is 141 Å². The molecular weight excluding hydrogens is 313 g/mol. The molecule has 3 unspecified atom stereocenters. The van der Waals surface area contributed by atoms with Crippen molar-refractivity contribution in [3.05, 3.63) is 0 Å². The molecule has 7 heteroatoms. The van der Waals surface area contributed by atoms with Gasteiger partial charge in [0.15, 0.2) is 0 Å². The van der Waals surface area contributed by atoms with E-state index in [-0.39, 0.29) is 42.9 Å². The van der Waals surface area contributed by atoms with Crippen LogP contribution in [0.5, 0.6) is 0 Å². The maximum absolute atomic E-state index is 12.2. The van der Waals surface area contributed by atoms with Crippen molar-refractivity contribution in [2.75, 3.05) is 26.2 Å². The molecule has 1 fully saturated rings. The zero-order chi connectivity index (χ0) is 14.4. The third-order valence-corrected chi connectivity index (χ3v) is 3.80. The fourth-order valence-corrected chi connectivity index (χ4v) is 2.73. The SMILES string of the molecule is CCCC(N)C(=O)N1CCN(CC(C)O)C(CC)C1.Cl.Cl. The van der Waals surface area contributed by atoms with Gasteiger partial charge in [0.05, 0.1) is 12.1 Å². The van der Waals surface area contributed by atoms with E-state index in [9.17, 15) is 9.90 Å². The van der Waals surface area contributed by atoms with E-state index >= 15 is 0 Å². The first-order valence-corrected chi connectivity index (χ1v) is 7.46. The molecule has 0 bridgehead atoms. The minimum atomic E-state index is -0.356. The number of carbonyl (C=O) groups is 1. The maximum atomic E-state index is 12.2. The zero-order valence-electron chi connectivity index (χ0n) is 13.3. The Hall–Kier alpha value is -0.0700. The van der Waals surface area contributed by atoms with E-state index in [1.54, 1.807) is 6.92 Å². The second kappa shape index (κ2) is 11.5. The highest BCUT2D eigenvalue weighted by atomic mass is 35.5. The number of hydrogen-bond acceptors (Lipinski definition) is 4. The number of nitrogens with two attached hydrogens (primary N) is 1.